The SMILES string of the molecule is O=c1[nH]ccn1CCN1CCCC(c2ccn[nH]2)C1. The Morgan fingerprint density at radius 1 is 1.42 bits per heavy atom. The number of nitrogens with one attached hydrogen (secondary N) is 2. The van der Waals surface area contributed by atoms with Crippen LogP contribution in [0.1, 0.15) is 24.5 Å². The fraction of sp³-hybridized carbons (Fsp3) is 0.538. The van der Waals surface area contributed by atoms with Crippen molar-refractivity contribution < 1.29 is 0 Å². The van der Waals surface area contributed by atoms with Crippen molar-refractivity contribution in [3.8, 4) is 0 Å². The van der Waals surface area contributed by atoms with Gasteiger partial charge in [0.05, 0.1) is 0 Å². The van der Waals surface area contributed by atoms with Crippen molar-refractivity contribution in [2.45, 2.75) is 25.3 Å². The fourth-order valence-corrected chi connectivity index (χ4v) is 2.78. The van der Waals surface area contributed by atoms with Crippen molar-refractivity contribution in [2.24, 2.45) is 0 Å². The molecule has 0 bridgehead atoms. The number of piperidine rings is 1. The monoisotopic (exact) mass is 261 g/mol. The fourth-order valence-electron chi connectivity index (χ4n) is 2.78. The molecule has 2 aromatic rings. The summed E-state index contributed by atoms with van der Waals surface area (Å²) in [6.45, 7) is 3.83. The molecule has 6 nitrogen and oxygen atoms in total. The van der Waals surface area contributed by atoms with E-state index in [2.05, 4.69) is 26.1 Å². The van der Waals surface area contributed by atoms with Crippen LogP contribution in [0, 0.1) is 0 Å². The maximum absolute atomic E-state index is 11.4. The zero-order valence-corrected chi connectivity index (χ0v) is 10.9. The van der Waals surface area contributed by atoms with Crippen LogP contribution < -0.4 is 5.69 Å². The summed E-state index contributed by atoms with van der Waals surface area (Å²) in [5.74, 6) is 0.541. The minimum atomic E-state index is -0.0258. The molecule has 2 aromatic heterocycles. The molecule has 2 N–H and O–H groups in total. The first-order chi connectivity index (χ1) is 9.33. The second-order valence-electron chi connectivity index (χ2n) is 5.11. The van der Waals surface area contributed by atoms with E-state index in [1.807, 2.05) is 6.20 Å². The van der Waals surface area contributed by atoms with Gasteiger partial charge in [-0.05, 0) is 25.5 Å². The molecule has 1 aliphatic rings. The molecule has 1 fully saturated rings. The van der Waals surface area contributed by atoms with E-state index in [-0.39, 0.29) is 5.69 Å². The van der Waals surface area contributed by atoms with Crippen molar-refractivity contribution in [3.05, 3.63) is 40.8 Å². The molecule has 1 unspecified atom stereocenters. The van der Waals surface area contributed by atoms with Gasteiger partial charge in [0.1, 0.15) is 0 Å². The Bertz CT molecular complexity index is 556. The average molecular weight is 261 g/mol. The second-order valence-corrected chi connectivity index (χ2v) is 5.11. The molecule has 1 atom stereocenters. The molecule has 0 saturated carbocycles. The van der Waals surface area contributed by atoms with Gasteiger partial charge in [-0.2, -0.15) is 5.10 Å². The highest BCUT2D eigenvalue weighted by Gasteiger charge is 2.21. The Morgan fingerprint density at radius 3 is 3.11 bits per heavy atom. The number of H-pyrrole nitrogens is 2. The zero-order chi connectivity index (χ0) is 13.1. The highest BCUT2D eigenvalue weighted by Crippen LogP contribution is 2.24. The van der Waals surface area contributed by atoms with E-state index in [9.17, 15) is 4.79 Å². The topological polar surface area (TPSA) is 69.7 Å². The third kappa shape index (κ3) is 2.78. The third-order valence-corrected chi connectivity index (χ3v) is 3.85. The predicted octanol–water partition coefficient (Wildman–Crippen LogP) is 0.779. The standard InChI is InChI=1S/C13H19N5O/c19-13-14-5-7-18(13)9-8-17-6-1-2-11(10-17)12-3-4-15-16-12/h3-5,7,11H,1-2,6,8-10H2,(H,14,19)(H,15,16). The van der Waals surface area contributed by atoms with Gasteiger partial charge in [-0.3, -0.25) is 9.67 Å². The molecule has 0 spiro atoms. The summed E-state index contributed by atoms with van der Waals surface area (Å²) >= 11 is 0. The van der Waals surface area contributed by atoms with Crippen LogP contribution in [0.15, 0.2) is 29.5 Å². The Labute approximate surface area is 111 Å². The van der Waals surface area contributed by atoms with Gasteiger partial charge in [0.15, 0.2) is 0 Å². The highest BCUT2D eigenvalue weighted by molar-refractivity contribution is 5.07. The first kappa shape index (κ1) is 12.2. The lowest BCUT2D eigenvalue weighted by molar-refractivity contribution is 0.198. The maximum atomic E-state index is 11.4. The van der Waals surface area contributed by atoms with Crippen LogP contribution in [0.5, 0.6) is 0 Å². The molecule has 0 amide bonds. The van der Waals surface area contributed by atoms with Gasteiger partial charge in [-0.1, -0.05) is 0 Å². The van der Waals surface area contributed by atoms with E-state index in [1.54, 1.807) is 17.0 Å². The predicted molar refractivity (Wildman–Crippen MR) is 72.1 cm³/mol. The van der Waals surface area contributed by atoms with Crippen molar-refractivity contribution in [1.82, 2.24) is 24.6 Å². The lowest BCUT2D eigenvalue weighted by atomic mass is 9.95. The number of hydrogen-bond acceptors (Lipinski definition) is 3. The number of aromatic nitrogens is 4. The van der Waals surface area contributed by atoms with E-state index in [4.69, 9.17) is 0 Å². The number of hydrogen-bond donors (Lipinski definition) is 2. The van der Waals surface area contributed by atoms with Crippen molar-refractivity contribution in [1.29, 1.82) is 0 Å². The van der Waals surface area contributed by atoms with Gasteiger partial charge < -0.3 is 9.88 Å². The number of aromatic amines is 2. The molecule has 102 valence electrons. The van der Waals surface area contributed by atoms with E-state index in [0.717, 1.165) is 26.2 Å². The van der Waals surface area contributed by atoms with E-state index < -0.39 is 0 Å². The van der Waals surface area contributed by atoms with Crippen LogP contribution in [0.3, 0.4) is 0 Å². The first-order valence-electron chi connectivity index (χ1n) is 6.78. The highest BCUT2D eigenvalue weighted by atomic mass is 16.1. The van der Waals surface area contributed by atoms with Crippen molar-refractivity contribution >= 4 is 0 Å². The van der Waals surface area contributed by atoms with Gasteiger partial charge >= 0.3 is 5.69 Å². The molecular weight excluding hydrogens is 242 g/mol. The van der Waals surface area contributed by atoms with E-state index in [1.165, 1.54) is 18.5 Å². The number of likely N-dealkylation sites (tertiary alicyclic amines) is 1. The first-order valence-corrected chi connectivity index (χ1v) is 6.78. The van der Waals surface area contributed by atoms with Gasteiger partial charge in [-0.25, -0.2) is 4.79 Å². The minimum Gasteiger partial charge on any atom is -0.313 e. The Morgan fingerprint density at radius 2 is 2.37 bits per heavy atom. The zero-order valence-electron chi connectivity index (χ0n) is 10.9. The van der Waals surface area contributed by atoms with Crippen molar-refractivity contribution in [2.75, 3.05) is 19.6 Å². The quantitative estimate of drug-likeness (QED) is 0.854. The molecule has 0 aromatic carbocycles. The number of imidazole rings is 1. The average Bonchev–Trinajstić information content (AvgIpc) is 3.08. The number of nitrogens with zero attached hydrogens (tertiary/aromatic N) is 3. The normalized spacial score (nSPS) is 20.7. The summed E-state index contributed by atoms with van der Waals surface area (Å²) in [6, 6.07) is 2.06. The molecule has 0 aliphatic carbocycles. The van der Waals surface area contributed by atoms with Gasteiger partial charge in [0.25, 0.3) is 0 Å². The van der Waals surface area contributed by atoms with Crippen LogP contribution in [-0.2, 0) is 6.54 Å². The number of rotatable bonds is 4. The molecule has 1 saturated heterocycles. The molecule has 6 heteroatoms. The Kier molecular flexibility index (Phi) is 3.50. The molecule has 19 heavy (non-hydrogen) atoms. The third-order valence-electron chi connectivity index (χ3n) is 3.85. The Balaban J connectivity index is 1.57. The second kappa shape index (κ2) is 5.44. The largest absolute Gasteiger partial charge is 0.325 e. The summed E-state index contributed by atoms with van der Waals surface area (Å²) in [6.07, 6.45) is 7.72. The van der Waals surface area contributed by atoms with Crippen LogP contribution in [0.4, 0.5) is 0 Å². The minimum absolute atomic E-state index is 0.0258. The van der Waals surface area contributed by atoms with Crippen LogP contribution in [0.25, 0.3) is 0 Å². The molecule has 0 radical (unpaired) electrons. The summed E-state index contributed by atoms with van der Waals surface area (Å²) in [4.78, 5) is 16.5. The van der Waals surface area contributed by atoms with Gasteiger partial charge in [0, 0.05) is 49.8 Å². The smallest absolute Gasteiger partial charge is 0.313 e. The molecule has 3 heterocycles. The molecular formula is C13H19N5O. The lowest BCUT2D eigenvalue weighted by Gasteiger charge is -2.32. The lowest BCUT2D eigenvalue weighted by Crippen LogP contribution is -2.37. The summed E-state index contributed by atoms with van der Waals surface area (Å²) < 4.78 is 1.72. The summed E-state index contributed by atoms with van der Waals surface area (Å²) in [5.41, 5.74) is 1.20. The van der Waals surface area contributed by atoms with Crippen LogP contribution in [0.2, 0.25) is 0 Å². The van der Waals surface area contributed by atoms with Crippen LogP contribution >= 0.6 is 0 Å². The van der Waals surface area contributed by atoms with Crippen molar-refractivity contribution in [3.63, 3.8) is 0 Å². The van der Waals surface area contributed by atoms with E-state index in [0.29, 0.717) is 5.92 Å². The van der Waals surface area contributed by atoms with Crippen LogP contribution in [-0.4, -0.2) is 44.3 Å². The molecule has 1 aliphatic heterocycles. The van der Waals surface area contributed by atoms with Gasteiger partial charge in [0.2, 0.25) is 0 Å². The summed E-state index contributed by atoms with van der Waals surface area (Å²) in [7, 11) is 0. The maximum Gasteiger partial charge on any atom is 0.325 e. The molecule has 3 rings (SSSR count). The summed E-state index contributed by atoms with van der Waals surface area (Å²) in [5, 5.41) is 7.10. The van der Waals surface area contributed by atoms with E-state index >= 15 is 0 Å². The Hall–Kier alpha value is -1.82. The van der Waals surface area contributed by atoms with Gasteiger partial charge in [-0.15, -0.1) is 0 Å².